The Morgan fingerprint density at radius 3 is 2.33 bits per heavy atom. The van der Waals surface area contributed by atoms with Crippen LogP contribution in [0.2, 0.25) is 0 Å². The topological polar surface area (TPSA) is 20.2 Å². The van der Waals surface area contributed by atoms with Crippen molar-refractivity contribution in [2.75, 3.05) is 0 Å². The van der Waals surface area contributed by atoms with Gasteiger partial charge in [0.15, 0.2) is 5.76 Å². The highest BCUT2D eigenvalue weighted by Gasteiger charge is 2.36. The van der Waals surface area contributed by atoms with Crippen LogP contribution in [0.3, 0.4) is 0 Å². The van der Waals surface area contributed by atoms with Gasteiger partial charge < -0.3 is 5.11 Å². The Morgan fingerprint density at radius 2 is 1.92 bits per heavy atom. The van der Waals surface area contributed by atoms with E-state index >= 15 is 0 Å². The number of hydrogen-bond donors (Lipinski definition) is 1. The molecular formula is C8H5F3O. The molecule has 1 aliphatic rings. The molecule has 1 rings (SSSR count). The predicted octanol–water partition coefficient (Wildman–Crippen LogP) is 2.63. The summed E-state index contributed by atoms with van der Waals surface area (Å²) in [6.07, 6.45) is -3.70. The Hall–Kier alpha value is -1.37. The molecule has 0 saturated heterocycles. The highest BCUT2D eigenvalue weighted by molar-refractivity contribution is 5.38. The van der Waals surface area contributed by atoms with Crippen LogP contribution >= 0.6 is 0 Å². The van der Waals surface area contributed by atoms with Gasteiger partial charge in [-0.05, 0) is 18.7 Å². The first-order valence-electron chi connectivity index (χ1n) is 3.12. The summed E-state index contributed by atoms with van der Waals surface area (Å²) in [6, 6.07) is 0. The Balaban J connectivity index is 3.18. The fourth-order valence-corrected chi connectivity index (χ4v) is 0.762. The molecule has 64 valence electrons. The van der Waals surface area contributed by atoms with E-state index in [0.29, 0.717) is 5.57 Å². The molecule has 0 fully saturated rings. The average Bonchev–Trinajstić information content (AvgIpc) is 1.92. The Labute approximate surface area is 66.8 Å². The van der Waals surface area contributed by atoms with Gasteiger partial charge in [0.2, 0.25) is 0 Å². The molecule has 0 aliphatic heterocycles. The third kappa shape index (κ3) is 1.62. The van der Waals surface area contributed by atoms with Crippen LogP contribution in [0.5, 0.6) is 0 Å². The number of alkyl halides is 3. The molecule has 1 N–H and O–H groups in total. The first kappa shape index (κ1) is 8.72. The summed E-state index contributed by atoms with van der Waals surface area (Å²) in [6.45, 7) is 1.45. The molecule has 12 heavy (non-hydrogen) atoms. The molecule has 0 radical (unpaired) electrons. The summed E-state index contributed by atoms with van der Waals surface area (Å²) in [7, 11) is 0. The van der Waals surface area contributed by atoms with Crippen molar-refractivity contribution in [1.82, 2.24) is 0 Å². The van der Waals surface area contributed by atoms with Crippen LogP contribution in [-0.4, -0.2) is 11.3 Å². The van der Waals surface area contributed by atoms with E-state index in [1.807, 2.05) is 5.73 Å². The van der Waals surface area contributed by atoms with Crippen molar-refractivity contribution < 1.29 is 18.3 Å². The summed E-state index contributed by atoms with van der Waals surface area (Å²) < 4.78 is 36.1. The molecule has 0 heterocycles. The molecule has 1 aliphatic carbocycles. The van der Waals surface area contributed by atoms with Crippen LogP contribution in [0.15, 0.2) is 34.4 Å². The summed E-state index contributed by atoms with van der Waals surface area (Å²) in [5, 5.41) is 8.76. The van der Waals surface area contributed by atoms with Gasteiger partial charge >= 0.3 is 6.18 Å². The lowest BCUT2D eigenvalue weighted by Crippen LogP contribution is -2.14. The van der Waals surface area contributed by atoms with Crippen molar-refractivity contribution in [2.45, 2.75) is 13.1 Å². The molecule has 0 aromatic rings. The molecule has 1 nitrogen and oxygen atoms in total. The van der Waals surface area contributed by atoms with Crippen LogP contribution in [0.4, 0.5) is 13.2 Å². The minimum absolute atomic E-state index is 0.292. The SMILES string of the molecule is CC1=C=C=C(O)C(C(F)(F)F)=C1. The smallest absolute Gasteiger partial charge is 0.420 e. The van der Waals surface area contributed by atoms with Gasteiger partial charge in [0, 0.05) is 5.57 Å². The summed E-state index contributed by atoms with van der Waals surface area (Å²) >= 11 is 0. The van der Waals surface area contributed by atoms with E-state index in [4.69, 9.17) is 5.11 Å². The van der Waals surface area contributed by atoms with E-state index in [1.165, 1.54) is 6.92 Å². The monoisotopic (exact) mass is 174 g/mol. The highest BCUT2D eigenvalue weighted by Crippen LogP contribution is 2.31. The van der Waals surface area contributed by atoms with Crippen molar-refractivity contribution in [1.29, 1.82) is 0 Å². The zero-order valence-electron chi connectivity index (χ0n) is 6.16. The quantitative estimate of drug-likeness (QED) is 0.559. The fourth-order valence-electron chi connectivity index (χ4n) is 0.762. The third-order valence-corrected chi connectivity index (χ3v) is 1.30. The maximum Gasteiger partial charge on any atom is 0.420 e. The molecular weight excluding hydrogens is 169 g/mol. The first-order valence-corrected chi connectivity index (χ1v) is 3.12. The maximum atomic E-state index is 12.0. The minimum atomic E-state index is -4.53. The second-order valence-electron chi connectivity index (χ2n) is 2.34. The van der Waals surface area contributed by atoms with Gasteiger partial charge in [-0.3, -0.25) is 0 Å². The van der Waals surface area contributed by atoms with Crippen molar-refractivity contribution in [3.05, 3.63) is 34.4 Å². The van der Waals surface area contributed by atoms with Crippen molar-refractivity contribution in [3.63, 3.8) is 0 Å². The highest BCUT2D eigenvalue weighted by atomic mass is 19.4. The first-order chi connectivity index (χ1) is 5.41. The van der Waals surface area contributed by atoms with Gasteiger partial charge in [0.1, 0.15) is 5.57 Å². The van der Waals surface area contributed by atoms with E-state index in [-0.39, 0.29) is 0 Å². The van der Waals surface area contributed by atoms with Gasteiger partial charge in [-0.1, -0.05) is 5.73 Å². The van der Waals surface area contributed by atoms with Crippen molar-refractivity contribution in [2.24, 2.45) is 0 Å². The molecule has 0 aromatic heterocycles. The largest absolute Gasteiger partial charge is 0.500 e. The van der Waals surface area contributed by atoms with Gasteiger partial charge in [0.25, 0.3) is 0 Å². The van der Waals surface area contributed by atoms with Crippen molar-refractivity contribution in [3.8, 4) is 0 Å². The lowest BCUT2D eigenvalue weighted by Gasteiger charge is -2.10. The summed E-state index contributed by atoms with van der Waals surface area (Å²) in [5.74, 6) is -0.909. The number of aliphatic hydroxyl groups excluding tert-OH is 1. The van der Waals surface area contributed by atoms with Crippen LogP contribution in [0.1, 0.15) is 6.92 Å². The average molecular weight is 174 g/mol. The molecule has 0 unspecified atom stereocenters. The van der Waals surface area contributed by atoms with E-state index in [1.54, 1.807) is 0 Å². The number of aliphatic hydroxyl groups is 1. The lowest BCUT2D eigenvalue weighted by atomic mass is 10.1. The second-order valence-corrected chi connectivity index (χ2v) is 2.34. The van der Waals surface area contributed by atoms with Gasteiger partial charge in [0.05, 0.1) is 0 Å². The predicted molar refractivity (Wildman–Crippen MR) is 36.5 cm³/mol. The van der Waals surface area contributed by atoms with Gasteiger partial charge in [-0.15, -0.1) is 0 Å². The third-order valence-electron chi connectivity index (χ3n) is 1.30. The number of rotatable bonds is 0. The molecule has 0 aromatic carbocycles. The summed E-state index contributed by atoms with van der Waals surface area (Å²) in [4.78, 5) is 0. The fraction of sp³-hybridized carbons (Fsp3) is 0.250. The normalized spacial score (nSPS) is 16.8. The standard InChI is InChI=1S/C8H5F3O/c1-5-2-3-7(12)6(4-5)8(9,10)11/h4,12H,1H3. The number of halogens is 3. The van der Waals surface area contributed by atoms with Gasteiger partial charge in [-0.25, -0.2) is 0 Å². The summed E-state index contributed by atoms with van der Waals surface area (Å²) in [5.41, 5.74) is 3.54. The Bertz CT molecular complexity index is 334. The zero-order chi connectivity index (χ0) is 9.35. The molecule has 0 spiro atoms. The molecule has 0 bridgehead atoms. The van der Waals surface area contributed by atoms with Crippen LogP contribution < -0.4 is 0 Å². The maximum absolute atomic E-state index is 12.0. The Morgan fingerprint density at radius 1 is 1.33 bits per heavy atom. The van der Waals surface area contributed by atoms with Crippen LogP contribution in [-0.2, 0) is 0 Å². The minimum Gasteiger partial charge on any atom is -0.500 e. The zero-order valence-corrected chi connectivity index (χ0v) is 6.16. The van der Waals surface area contributed by atoms with Crippen LogP contribution in [0, 0.1) is 0 Å². The number of hydrogen-bond acceptors (Lipinski definition) is 1. The van der Waals surface area contributed by atoms with E-state index in [2.05, 4.69) is 5.73 Å². The Kier molecular flexibility index (Phi) is 1.89. The molecule has 4 heteroatoms. The second kappa shape index (κ2) is 2.59. The van der Waals surface area contributed by atoms with E-state index < -0.39 is 17.5 Å². The van der Waals surface area contributed by atoms with Crippen molar-refractivity contribution >= 4 is 0 Å². The number of allylic oxidation sites excluding steroid dienone is 3. The van der Waals surface area contributed by atoms with E-state index in [9.17, 15) is 13.2 Å². The molecule has 0 atom stereocenters. The van der Waals surface area contributed by atoms with E-state index in [0.717, 1.165) is 6.08 Å². The van der Waals surface area contributed by atoms with Crippen LogP contribution in [0.25, 0.3) is 0 Å². The lowest BCUT2D eigenvalue weighted by molar-refractivity contribution is -0.0924. The van der Waals surface area contributed by atoms with Gasteiger partial charge in [-0.2, -0.15) is 13.2 Å². The molecule has 0 saturated carbocycles. The molecule has 0 amide bonds.